The van der Waals surface area contributed by atoms with Gasteiger partial charge in [-0.2, -0.15) is 4.98 Å². The van der Waals surface area contributed by atoms with Crippen molar-refractivity contribution < 1.29 is 18.8 Å². The van der Waals surface area contributed by atoms with Crippen LogP contribution in [0.25, 0.3) is 11.4 Å². The Morgan fingerprint density at radius 1 is 1.10 bits per heavy atom. The van der Waals surface area contributed by atoms with Crippen LogP contribution < -0.4 is 5.32 Å². The molecule has 0 bridgehead atoms. The number of piperazine rings is 1. The molecule has 9 heteroatoms. The van der Waals surface area contributed by atoms with E-state index >= 15 is 0 Å². The highest BCUT2D eigenvalue weighted by Gasteiger charge is 2.30. The van der Waals surface area contributed by atoms with Crippen LogP contribution in [-0.2, 0) is 9.53 Å². The van der Waals surface area contributed by atoms with Gasteiger partial charge in [-0.25, -0.2) is 4.79 Å². The van der Waals surface area contributed by atoms with E-state index in [9.17, 15) is 9.59 Å². The molecule has 168 valence electrons. The number of nitrogens with zero attached hydrogens (tertiary/aromatic N) is 4. The summed E-state index contributed by atoms with van der Waals surface area (Å²) >= 11 is 0. The number of alkyl carbamates (subject to hydrolysis) is 1. The third kappa shape index (κ3) is 6.04. The van der Waals surface area contributed by atoms with E-state index in [0.717, 1.165) is 5.56 Å². The molecular weight excluding hydrogens is 398 g/mol. The van der Waals surface area contributed by atoms with E-state index < -0.39 is 17.7 Å². The Morgan fingerprint density at radius 2 is 1.74 bits per heavy atom. The number of benzene rings is 1. The number of nitrogens with one attached hydrogen (secondary N) is 1. The average molecular weight is 430 g/mol. The molecule has 1 aliphatic rings. The van der Waals surface area contributed by atoms with Gasteiger partial charge in [-0.05, 0) is 34.6 Å². The Kier molecular flexibility index (Phi) is 6.94. The topological polar surface area (TPSA) is 101 Å². The van der Waals surface area contributed by atoms with Crippen LogP contribution in [0.15, 0.2) is 34.9 Å². The van der Waals surface area contributed by atoms with Crippen molar-refractivity contribution >= 4 is 12.0 Å². The molecule has 0 radical (unpaired) electrons. The molecule has 1 saturated heterocycles. The summed E-state index contributed by atoms with van der Waals surface area (Å²) < 4.78 is 10.7. The van der Waals surface area contributed by atoms with Crippen molar-refractivity contribution in [1.29, 1.82) is 0 Å². The fourth-order valence-electron chi connectivity index (χ4n) is 3.42. The molecular formula is C22H31N5O4. The van der Waals surface area contributed by atoms with Crippen molar-refractivity contribution in [3.05, 3.63) is 36.2 Å². The van der Waals surface area contributed by atoms with Gasteiger partial charge in [0, 0.05) is 31.7 Å². The molecule has 3 rings (SSSR count). The van der Waals surface area contributed by atoms with Gasteiger partial charge in [0.2, 0.25) is 17.6 Å². The monoisotopic (exact) mass is 429 g/mol. The van der Waals surface area contributed by atoms with Crippen molar-refractivity contribution in [2.45, 2.75) is 52.3 Å². The van der Waals surface area contributed by atoms with Gasteiger partial charge in [-0.15, -0.1) is 0 Å². The summed E-state index contributed by atoms with van der Waals surface area (Å²) in [5, 5.41) is 6.70. The van der Waals surface area contributed by atoms with Crippen molar-refractivity contribution in [1.82, 2.24) is 25.3 Å². The van der Waals surface area contributed by atoms with Crippen LogP contribution in [-0.4, -0.2) is 69.8 Å². The highest BCUT2D eigenvalue weighted by molar-refractivity contribution is 5.85. The summed E-state index contributed by atoms with van der Waals surface area (Å²) in [6, 6.07) is 8.99. The van der Waals surface area contributed by atoms with Gasteiger partial charge in [-0.1, -0.05) is 35.5 Å². The molecule has 1 aromatic heterocycles. The summed E-state index contributed by atoms with van der Waals surface area (Å²) in [6.07, 6.45) is -0.591. The largest absolute Gasteiger partial charge is 0.444 e. The quantitative estimate of drug-likeness (QED) is 0.780. The summed E-state index contributed by atoms with van der Waals surface area (Å²) in [6.45, 7) is 11.5. The zero-order chi connectivity index (χ0) is 22.6. The maximum atomic E-state index is 12.7. The summed E-state index contributed by atoms with van der Waals surface area (Å²) in [5.74, 6) is 0.999. The first kappa shape index (κ1) is 22.7. The SMILES string of the molecule is CC(NC(=O)OC(C)(C)C)C(=O)N1CCN(C(C)c2nc(-c3ccccc3)no2)CC1. The molecule has 0 spiro atoms. The molecule has 31 heavy (non-hydrogen) atoms. The van der Waals surface area contributed by atoms with Gasteiger partial charge in [0.1, 0.15) is 11.6 Å². The number of amides is 2. The number of carbonyl (C=O) groups is 2. The lowest BCUT2D eigenvalue weighted by Gasteiger charge is -2.37. The number of hydrogen-bond donors (Lipinski definition) is 1. The van der Waals surface area contributed by atoms with Crippen LogP contribution in [0.4, 0.5) is 4.79 Å². The van der Waals surface area contributed by atoms with Crippen LogP contribution in [0.1, 0.15) is 46.6 Å². The maximum Gasteiger partial charge on any atom is 0.408 e. The van der Waals surface area contributed by atoms with Crippen LogP contribution in [0.2, 0.25) is 0 Å². The molecule has 2 aromatic rings. The van der Waals surface area contributed by atoms with Crippen molar-refractivity contribution in [3.8, 4) is 11.4 Å². The number of carbonyl (C=O) groups excluding carboxylic acids is 2. The molecule has 1 aromatic carbocycles. The minimum atomic E-state index is -0.650. The predicted octanol–water partition coefficient (Wildman–Crippen LogP) is 2.86. The molecule has 9 nitrogen and oxygen atoms in total. The van der Waals surface area contributed by atoms with E-state index in [1.165, 1.54) is 0 Å². The van der Waals surface area contributed by atoms with Gasteiger partial charge in [0.25, 0.3) is 0 Å². The summed E-state index contributed by atoms with van der Waals surface area (Å²) in [4.78, 5) is 33.1. The van der Waals surface area contributed by atoms with E-state index in [0.29, 0.717) is 37.9 Å². The first-order chi connectivity index (χ1) is 14.6. The zero-order valence-electron chi connectivity index (χ0n) is 18.8. The lowest BCUT2D eigenvalue weighted by Crippen LogP contribution is -2.54. The molecule has 0 saturated carbocycles. The van der Waals surface area contributed by atoms with Crippen molar-refractivity contribution in [2.75, 3.05) is 26.2 Å². The smallest absolute Gasteiger partial charge is 0.408 e. The Balaban J connectivity index is 1.51. The molecule has 0 aliphatic carbocycles. The van der Waals surface area contributed by atoms with E-state index in [4.69, 9.17) is 9.26 Å². The molecule has 2 amide bonds. The van der Waals surface area contributed by atoms with Gasteiger partial charge >= 0.3 is 6.09 Å². The Bertz CT molecular complexity index is 885. The van der Waals surface area contributed by atoms with Gasteiger partial charge < -0.3 is 19.5 Å². The number of ether oxygens (including phenoxy) is 1. The zero-order valence-corrected chi connectivity index (χ0v) is 18.8. The fourth-order valence-corrected chi connectivity index (χ4v) is 3.42. The highest BCUT2D eigenvalue weighted by Crippen LogP contribution is 2.23. The standard InChI is InChI=1S/C22H31N5O4/c1-15(23-21(29)30-22(3,4)5)20(28)27-13-11-26(12-14-27)16(2)19-24-18(25-31-19)17-9-7-6-8-10-17/h6-10,15-16H,11-14H2,1-5H3,(H,23,29). The minimum absolute atomic E-state index is 0.0560. The van der Waals surface area contributed by atoms with Crippen molar-refractivity contribution in [3.63, 3.8) is 0 Å². The second-order valence-corrected chi connectivity index (χ2v) is 8.73. The Morgan fingerprint density at radius 3 is 2.35 bits per heavy atom. The van der Waals surface area contributed by atoms with Gasteiger partial charge in [0.05, 0.1) is 6.04 Å². The minimum Gasteiger partial charge on any atom is -0.444 e. The molecule has 1 aliphatic heterocycles. The van der Waals surface area contributed by atoms with Crippen molar-refractivity contribution in [2.24, 2.45) is 0 Å². The fraction of sp³-hybridized carbons (Fsp3) is 0.545. The van der Waals surface area contributed by atoms with Crippen LogP contribution in [0, 0.1) is 0 Å². The van der Waals surface area contributed by atoms with E-state index in [1.54, 1.807) is 32.6 Å². The Hall–Kier alpha value is -2.94. The van der Waals surface area contributed by atoms with Gasteiger partial charge in [-0.3, -0.25) is 9.69 Å². The van der Waals surface area contributed by atoms with Crippen LogP contribution in [0.3, 0.4) is 0 Å². The lowest BCUT2D eigenvalue weighted by molar-refractivity contribution is -0.135. The van der Waals surface area contributed by atoms with E-state index in [-0.39, 0.29) is 11.9 Å². The Labute approximate surface area is 182 Å². The second kappa shape index (κ2) is 9.47. The summed E-state index contributed by atoms with van der Waals surface area (Å²) in [7, 11) is 0. The van der Waals surface area contributed by atoms with E-state index in [2.05, 4.69) is 20.4 Å². The van der Waals surface area contributed by atoms with Crippen LogP contribution in [0.5, 0.6) is 0 Å². The number of rotatable bonds is 5. The number of aromatic nitrogens is 2. The number of hydrogen-bond acceptors (Lipinski definition) is 7. The third-order valence-electron chi connectivity index (χ3n) is 5.11. The first-order valence-corrected chi connectivity index (χ1v) is 10.6. The molecule has 2 atom stereocenters. The predicted molar refractivity (Wildman–Crippen MR) is 115 cm³/mol. The second-order valence-electron chi connectivity index (χ2n) is 8.73. The third-order valence-corrected chi connectivity index (χ3v) is 5.11. The molecule has 1 N–H and O–H groups in total. The maximum absolute atomic E-state index is 12.7. The lowest BCUT2D eigenvalue weighted by atomic mass is 10.2. The highest BCUT2D eigenvalue weighted by atomic mass is 16.6. The van der Waals surface area contributed by atoms with Gasteiger partial charge in [0.15, 0.2) is 0 Å². The van der Waals surface area contributed by atoms with E-state index in [1.807, 2.05) is 37.3 Å². The average Bonchev–Trinajstić information content (AvgIpc) is 3.22. The normalized spacial score (nSPS) is 17.1. The molecule has 2 heterocycles. The summed E-state index contributed by atoms with van der Waals surface area (Å²) in [5.41, 5.74) is 0.301. The first-order valence-electron chi connectivity index (χ1n) is 10.6. The molecule has 1 fully saturated rings. The molecule has 2 unspecified atom stereocenters. The van der Waals surface area contributed by atoms with Crippen LogP contribution >= 0.6 is 0 Å².